The third-order valence-electron chi connectivity index (χ3n) is 5.74. The van der Waals surface area contributed by atoms with Crippen molar-refractivity contribution in [2.24, 2.45) is 0 Å². The number of nitrogens with zero attached hydrogens (tertiary/aromatic N) is 2. The average Bonchev–Trinajstić information content (AvgIpc) is 2.67. The second kappa shape index (κ2) is 9.13. The van der Waals surface area contributed by atoms with Crippen LogP contribution in [0.4, 0.5) is 0 Å². The highest BCUT2D eigenvalue weighted by Gasteiger charge is 2.38. The van der Waals surface area contributed by atoms with E-state index in [9.17, 15) is 4.79 Å². The number of rotatable bonds is 6. The van der Waals surface area contributed by atoms with Gasteiger partial charge in [-0.2, -0.15) is 5.06 Å². The zero-order chi connectivity index (χ0) is 16.7. The van der Waals surface area contributed by atoms with Crippen molar-refractivity contribution >= 4 is 5.91 Å². The molecule has 2 heterocycles. The van der Waals surface area contributed by atoms with Crippen LogP contribution in [0.25, 0.3) is 0 Å². The van der Waals surface area contributed by atoms with E-state index in [1.54, 1.807) is 0 Å². The van der Waals surface area contributed by atoms with Crippen molar-refractivity contribution in [2.75, 3.05) is 52.5 Å². The molecule has 0 aromatic rings. The first-order valence-corrected chi connectivity index (χ1v) is 9.76. The molecule has 0 aromatic heterocycles. The lowest BCUT2D eigenvalue weighted by Gasteiger charge is -2.48. The van der Waals surface area contributed by atoms with Gasteiger partial charge in [0, 0.05) is 44.7 Å². The van der Waals surface area contributed by atoms with Gasteiger partial charge in [0.05, 0.1) is 19.8 Å². The second-order valence-electron chi connectivity index (χ2n) is 7.38. The van der Waals surface area contributed by atoms with E-state index in [0.717, 1.165) is 52.4 Å². The van der Waals surface area contributed by atoms with Gasteiger partial charge in [0.1, 0.15) is 0 Å². The van der Waals surface area contributed by atoms with E-state index in [2.05, 4.69) is 10.2 Å². The van der Waals surface area contributed by atoms with Crippen LogP contribution in [0.2, 0.25) is 0 Å². The van der Waals surface area contributed by atoms with Crippen molar-refractivity contribution < 1.29 is 14.4 Å². The van der Waals surface area contributed by atoms with Gasteiger partial charge in [-0.25, -0.2) is 0 Å². The number of amides is 1. The molecule has 1 aliphatic carbocycles. The van der Waals surface area contributed by atoms with E-state index in [1.165, 1.54) is 38.5 Å². The minimum atomic E-state index is 0.152. The first kappa shape index (κ1) is 18.1. The summed E-state index contributed by atoms with van der Waals surface area (Å²) in [4.78, 5) is 20.5. The first-order valence-electron chi connectivity index (χ1n) is 9.76. The van der Waals surface area contributed by atoms with Gasteiger partial charge in [-0.3, -0.25) is 14.5 Å². The normalized spacial score (nSPS) is 26.2. The molecule has 138 valence electrons. The molecule has 3 fully saturated rings. The zero-order valence-corrected chi connectivity index (χ0v) is 14.9. The fourth-order valence-electron chi connectivity index (χ4n) is 4.25. The van der Waals surface area contributed by atoms with Gasteiger partial charge >= 0.3 is 0 Å². The molecular weight excluding hydrogens is 306 g/mol. The van der Waals surface area contributed by atoms with Crippen molar-refractivity contribution in [1.29, 1.82) is 0 Å². The summed E-state index contributed by atoms with van der Waals surface area (Å²) in [6, 6.07) is 0. The molecule has 24 heavy (non-hydrogen) atoms. The summed E-state index contributed by atoms with van der Waals surface area (Å²) in [5.74, 6) is 0.155. The zero-order valence-electron chi connectivity index (χ0n) is 14.9. The van der Waals surface area contributed by atoms with Crippen LogP contribution in [0.5, 0.6) is 0 Å². The minimum absolute atomic E-state index is 0.152. The number of hydroxylamine groups is 2. The quantitative estimate of drug-likeness (QED) is 0.796. The van der Waals surface area contributed by atoms with Gasteiger partial charge in [-0.1, -0.05) is 19.3 Å². The van der Waals surface area contributed by atoms with E-state index < -0.39 is 0 Å². The smallest absolute Gasteiger partial charge is 0.221 e. The van der Waals surface area contributed by atoms with Gasteiger partial charge in [-0.05, 0) is 25.7 Å². The molecule has 0 aromatic carbocycles. The van der Waals surface area contributed by atoms with E-state index >= 15 is 0 Å². The Balaban J connectivity index is 1.46. The summed E-state index contributed by atoms with van der Waals surface area (Å²) in [6.45, 7) is 6.87. The van der Waals surface area contributed by atoms with Crippen molar-refractivity contribution in [3.63, 3.8) is 0 Å². The third-order valence-corrected chi connectivity index (χ3v) is 5.74. The number of hydrogen-bond donors (Lipinski definition) is 1. The van der Waals surface area contributed by atoms with E-state index in [4.69, 9.17) is 9.57 Å². The fourth-order valence-corrected chi connectivity index (χ4v) is 4.25. The van der Waals surface area contributed by atoms with Gasteiger partial charge in [-0.15, -0.1) is 0 Å². The lowest BCUT2D eigenvalue weighted by Crippen LogP contribution is -2.59. The van der Waals surface area contributed by atoms with Crippen molar-refractivity contribution in [1.82, 2.24) is 15.3 Å². The summed E-state index contributed by atoms with van der Waals surface area (Å²) in [5.41, 5.74) is 0.152. The number of carbonyl (C=O) groups excluding carboxylic acids is 1. The number of morpholine rings is 1. The molecule has 0 atom stereocenters. The summed E-state index contributed by atoms with van der Waals surface area (Å²) >= 11 is 0. The highest BCUT2D eigenvalue weighted by molar-refractivity contribution is 5.76. The molecule has 2 aliphatic heterocycles. The van der Waals surface area contributed by atoms with Crippen molar-refractivity contribution in [2.45, 2.75) is 56.9 Å². The molecule has 1 saturated carbocycles. The van der Waals surface area contributed by atoms with Gasteiger partial charge in [0.25, 0.3) is 0 Å². The Morgan fingerprint density at radius 2 is 1.75 bits per heavy atom. The maximum Gasteiger partial charge on any atom is 0.221 e. The Morgan fingerprint density at radius 1 is 0.958 bits per heavy atom. The molecule has 1 amide bonds. The van der Waals surface area contributed by atoms with Gasteiger partial charge < -0.3 is 10.1 Å². The summed E-state index contributed by atoms with van der Waals surface area (Å²) in [5, 5.41) is 5.17. The summed E-state index contributed by atoms with van der Waals surface area (Å²) in [7, 11) is 0. The molecule has 0 spiro atoms. The van der Waals surface area contributed by atoms with Gasteiger partial charge in [0.15, 0.2) is 0 Å². The van der Waals surface area contributed by atoms with Crippen LogP contribution in [0.15, 0.2) is 0 Å². The Kier molecular flexibility index (Phi) is 6.89. The largest absolute Gasteiger partial charge is 0.379 e. The highest BCUT2D eigenvalue weighted by atomic mass is 16.7. The lowest BCUT2D eigenvalue weighted by atomic mass is 9.79. The molecule has 0 radical (unpaired) electrons. The summed E-state index contributed by atoms with van der Waals surface area (Å²) in [6.07, 6.45) is 9.09. The molecule has 0 unspecified atom stereocenters. The number of hydrogen-bond acceptors (Lipinski definition) is 5. The van der Waals surface area contributed by atoms with Crippen LogP contribution in [-0.4, -0.2) is 74.0 Å². The standard InChI is InChI=1S/C18H33N3O3/c22-17(6-10-21-9-4-5-13-24-21)19-16-18(7-2-1-3-8-18)20-11-14-23-15-12-20/h1-16H2,(H,19,22). The maximum absolute atomic E-state index is 12.3. The topological polar surface area (TPSA) is 54.0 Å². The van der Waals surface area contributed by atoms with Gasteiger partial charge in [0.2, 0.25) is 5.91 Å². The molecule has 6 nitrogen and oxygen atoms in total. The second-order valence-corrected chi connectivity index (χ2v) is 7.38. The molecular formula is C18H33N3O3. The Labute approximate surface area is 145 Å². The van der Waals surface area contributed by atoms with E-state index in [1.807, 2.05) is 5.06 Å². The molecule has 1 N–H and O–H groups in total. The maximum atomic E-state index is 12.3. The van der Waals surface area contributed by atoms with Crippen molar-refractivity contribution in [3.05, 3.63) is 0 Å². The van der Waals surface area contributed by atoms with E-state index in [-0.39, 0.29) is 11.4 Å². The van der Waals surface area contributed by atoms with Crippen molar-refractivity contribution in [3.8, 4) is 0 Å². The predicted octanol–water partition coefficient (Wildman–Crippen LogP) is 1.56. The van der Waals surface area contributed by atoms with Crippen LogP contribution in [-0.2, 0) is 14.4 Å². The molecule has 3 rings (SSSR count). The first-order chi connectivity index (χ1) is 11.8. The third kappa shape index (κ3) is 4.91. The van der Waals surface area contributed by atoms with E-state index in [0.29, 0.717) is 13.0 Å². The minimum Gasteiger partial charge on any atom is -0.379 e. The Bertz CT molecular complexity index is 387. The lowest BCUT2D eigenvalue weighted by molar-refractivity contribution is -0.181. The predicted molar refractivity (Wildman–Crippen MR) is 92.6 cm³/mol. The van der Waals surface area contributed by atoms with Crippen LogP contribution in [0, 0.1) is 0 Å². The van der Waals surface area contributed by atoms with Crippen LogP contribution < -0.4 is 5.32 Å². The number of ether oxygens (including phenoxy) is 1. The number of nitrogens with one attached hydrogen (secondary N) is 1. The van der Waals surface area contributed by atoms with Crippen LogP contribution in [0.1, 0.15) is 51.4 Å². The summed E-state index contributed by atoms with van der Waals surface area (Å²) < 4.78 is 5.52. The molecule has 6 heteroatoms. The Hall–Kier alpha value is -0.690. The van der Waals surface area contributed by atoms with Crippen LogP contribution >= 0.6 is 0 Å². The van der Waals surface area contributed by atoms with Crippen LogP contribution in [0.3, 0.4) is 0 Å². The number of carbonyl (C=O) groups is 1. The molecule has 0 bridgehead atoms. The Morgan fingerprint density at radius 3 is 2.46 bits per heavy atom. The molecule has 2 saturated heterocycles. The monoisotopic (exact) mass is 339 g/mol. The average molecular weight is 339 g/mol. The molecule has 3 aliphatic rings. The highest BCUT2D eigenvalue weighted by Crippen LogP contribution is 2.33. The SMILES string of the molecule is O=C(CCN1CCCCO1)NCC1(N2CCOCC2)CCCCC1. The fraction of sp³-hybridized carbons (Fsp3) is 0.944.